The van der Waals surface area contributed by atoms with E-state index in [2.05, 4.69) is 11.9 Å². The Morgan fingerprint density at radius 1 is 0.962 bits per heavy atom. The first kappa shape index (κ1) is 19.0. The van der Waals surface area contributed by atoms with E-state index in [1.807, 2.05) is 12.1 Å². The maximum absolute atomic E-state index is 14.6. The van der Waals surface area contributed by atoms with E-state index in [1.165, 1.54) is 57.2 Å². The number of pyridine rings is 1. The largest absolute Gasteiger partial charge is 0.228 e. The molecule has 1 nitrogen and oxygen atoms in total. The molecule has 3 heteroatoms. The summed E-state index contributed by atoms with van der Waals surface area (Å²) in [6.45, 7) is 2.25. The van der Waals surface area contributed by atoms with Crippen molar-refractivity contribution < 1.29 is 8.78 Å². The molecule has 0 radical (unpaired) electrons. The number of benzene rings is 1. The van der Waals surface area contributed by atoms with Crippen LogP contribution in [0.3, 0.4) is 0 Å². The highest BCUT2D eigenvalue weighted by Crippen LogP contribution is 2.38. The number of aromatic nitrogens is 1. The average Bonchev–Trinajstić information content (AvgIpc) is 2.67. The Balaban J connectivity index is 1.57. The van der Waals surface area contributed by atoms with E-state index in [9.17, 15) is 8.78 Å². The predicted molar refractivity (Wildman–Crippen MR) is 103 cm³/mol. The molecule has 0 spiro atoms. The van der Waals surface area contributed by atoms with Gasteiger partial charge in [-0.1, -0.05) is 51.2 Å². The topological polar surface area (TPSA) is 12.9 Å². The van der Waals surface area contributed by atoms with Crippen LogP contribution in [0, 0.1) is 17.7 Å². The number of hydrogen-bond donors (Lipinski definition) is 0. The minimum Gasteiger partial charge on any atom is -0.228 e. The second-order valence-electron chi connectivity index (χ2n) is 7.68. The van der Waals surface area contributed by atoms with E-state index in [4.69, 9.17) is 0 Å². The maximum Gasteiger partial charge on any atom is 0.212 e. The molecule has 1 aromatic carbocycles. The molecule has 1 heterocycles. The molecule has 0 unspecified atom stereocenters. The van der Waals surface area contributed by atoms with Crippen molar-refractivity contribution in [1.29, 1.82) is 0 Å². The summed E-state index contributed by atoms with van der Waals surface area (Å²) in [4.78, 5) is 3.62. The standard InChI is InChI=1S/C23H29F2N/c1-2-3-4-5-6-17-7-9-18(10-8-17)19-11-13-21(22(24)15-19)20-12-14-23(25)26-16-20/h11-18H,2-10H2,1H3. The lowest BCUT2D eigenvalue weighted by Crippen LogP contribution is -2.13. The molecule has 0 saturated heterocycles. The van der Waals surface area contributed by atoms with Crippen LogP contribution in [0.15, 0.2) is 36.5 Å². The number of hydrogen-bond acceptors (Lipinski definition) is 1. The third-order valence-corrected chi connectivity index (χ3v) is 5.82. The highest BCUT2D eigenvalue weighted by molar-refractivity contribution is 5.63. The first-order valence-corrected chi connectivity index (χ1v) is 10.1. The molecule has 0 N–H and O–H groups in total. The van der Waals surface area contributed by atoms with Gasteiger partial charge < -0.3 is 0 Å². The molecule has 0 atom stereocenters. The predicted octanol–water partition coefficient (Wildman–Crippen LogP) is 7.27. The smallest absolute Gasteiger partial charge is 0.212 e. The van der Waals surface area contributed by atoms with Gasteiger partial charge in [-0.25, -0.2) is 9.37 Å². The van der Waals surface area contributed by atoms with Crippen LogP contribution >= 0.6 is 0 Å². The minimum atomic E-state index is -0.544. The number of rotatable bonds is 7. The summed E-state index contributed by atoms with van der Waals surface area (Å²) in [5.41, 5.74) is 2.21. The Bertz CT molecular complexity index is 688. The summed E-state index contributed by atoms with van der Waals surface area (Å²) < 4.78 is 27.5. The van der Waals surface area contributed by atoms with Gasteiger partial charge in [0.2, 0.25) is 5.95 Å². The molecular weight excluding hydrogens is 328 g/mol. The zero-order valence-electron chi connectivity index (χ0n) is 15.7. The summed E-state index contributed by atoms with van der Waals surface area (Å²) in [7, 11) is 0. The molecule has 1 aliphatic carbocycles. The Hall–Kier alpha value is -1.77. The summed E-state index contributed by atoms with van der Waals surface area (Å²) >= 11 is 0. The lowest BCUT2D eigenvalue weighted by molar-refractivity contribution is 0.302. The number of halogens is 2. The lowest BCUT2D eigenvalue weighted by atomic mass is 9.77. The van der Waals surface area contributed by atoms with Crippen molar-refractivity contribution in [3.8, 4) is 11.1 Å². The maximum atomic E-state index is 14.6. The quantitative estimate of drug-likeness (QED) is 0.375. The van der Waals surface area contributed by atoms with Crippen LogP contribution in [0.2, 0.25) is 0 Å². The molecule has 3 rings (SSSR count). The van der Waals surface area contributed by atoms with Crippen LogP contribution < -0.4 is 0 Å². The fourth-order valence-electron chi connectivity index (χ4n) is 4.20. The SMILES string of the molecule is CCCCCCC1CCC(c2ccc(-c3ccc(F)nc3)c(F)c2)CC1. The van der Waals surface area contributed by atoms with Crippen molar-refractivity contribution in [3.63, 3.8) is 0 Å². The molecule has 1 fully saturated rings. The molecule has 1 saturated carbocycles. The number of nitrogens with zero attached hydrogens (tertiary/aromatic N) is 1. The fourth-order valence-corrected chi connectivity index (χ4v) is 4.20. The van der Waals surface area contributed by atoms with Crippen molar-refractivity contribution in [2.24, 2.45) is 5.92 Å². The molecule has 0 amide bonds. The van der Waals surface area contributed by atoms with Gasteiger partial charge in [-0.15, -0.1) is 0 Å². The van der Waals surface area contributed by atoms with Gasteiger partial charge in [0.25, 0.3) is 0 Å². The van der Waals surface area contributed by atoms with E-state index < -0.39 is 5.95 Å². The van der Waals surface area contributed by atoms with Crippen LogP contribution in [0.25, 0.3) is 11.1 Å². The summed E-state index contributed by atoms with van der Waals surface area (Å²) in [6.07, 6.45) is 13.0. The van der Waals surface area contributed by atoms with Crippen molar-refractivity contribution in [2.45, 2.75) is 70.6 Å². The highest BCUT2D eigenvalue weighted by Gasteiger charge is 2.23. The van der Waals surface area contributed by atoms with Crippen LogP contribution in [0.4, 0.5) is 8.78 Å². The highest BCUT2D eigenvalue weighted by atomic mass is 19.1. The van der Waals surface area contributed by atoms with Gasteiger partial charge in [-0.2, -0.15) is 4.39 Å². The van der Waals surface area contributed by atoms with E-state index in [0.29, 0.717) is 17.0 Å². The van der Waals surface area contributed by atoms with E-state index in [1.54, 1.807) is 12.1 Å². The van der Waals surface area contributed by atoms with Crippen molar-refractivity contribution in [2.75, 3.05) is 0 Å². The Labute approximate surface area is 155 Å². The third-order valence-electron chi connectivity index (χ3n) is 5.82. The normalized spacial score (nSPS) is 20.3. The lowest BCUT2D eigenvalue weighted by Gasteiger charge is -2.29. The monoisotopic (exact) mass is 357 g/mol. The second-order valence-corrected chi connectivity index (χ2v) is 7.68. The van der Waals surface area contributed by atoms with Gasteiger partial charge in [0.1, 0.15) is 5.82 Å². The Morgan fingerprint density at radius 3 is 2.42 bits per heavy atom. The van der Waals surface area contributed by atoms with Crippen molar-refractivity contribution in [1.82, 2.24) is 4.98 Å². The van der Waals surface area contributed by atoms with E-state index >= 15 is 0 Å². The summed E-state index contributed by atoms with van der Waals surface area (Å²) in [6, 6.07) is 8.37. The molecule has 140 valence electrons. The minimum absolute atomic E-state index is 0.238. The fraction of sp³-hybridized carbons (Fsp3) is 0.522. The van der Waals surface area contributed by atoms with Gasteiger partial charge in [-0.05, 0) is 61.3 Å². The summed E-state index contributed by atoms with van der Waals surface area (Å²) in [5, 5.41) is 0. The first-order chi connectivity index (χ1) is 12.7. The van der Waals surface area contributed by atoms with E-state index in [-0.39, 0.29) is 5.82 Å². The molecule has 1 aliphatic rings. The molecule has 0 aliphatic heterocycles. The van der Waals surface area contributed by atoms with Crippen molar-refractivity contribution in [3.05, 3.63) is 53.9 Å². The van der Waals surface area contributed by atoms with Crippen LogP contribution in [0.1, 0.15) is 76.2 Å². The molecule has 0 bridgehead atoms. The second kappa shape index (κ2) is 9.25. The molecular formula is C23H29F2N. The van der Waals surface area contributed by atoms with Gasteiger partial charge in [0.05, 0.1) is 0 Å². The van der Waals surface area contributed by atoms with Gasteiger partial charge in [0.15, 0.2) is 0 Å². The molecule has 1 aromatic heterocycles. The Morgan fingerprint density at radius 2 is 1.77 bits per heavy atom. The summed E-state index contributed by atoms with van der Waals surface area (Å²) in [5.74, 6) is 0.545. The molecule has 2 aromatic rings. The molecule has 26 heavy (non-hydrogen) atoms. The van der Waals surface area contributed by atoms with Gasteiger partial charge in [0, 0.05) is 17.3 Å². The average molecular weight is 357 g/mol. The van der Waals surface area contributed by atoms with Gasteiger partial charge in [-0.3, -0.25) is 0 Å². The van der Waals surface area contributed by atoms with Crippen molar-refractivity contribution >= 4 is 0 Å². The van der Waals surface area contributed by atoms with Crippen LogP contribution in [0.5, 0.6) is 0 Å². The number of unbranched alkanes of at least 4 members (excludes halogenated alkanes) is 3. The van der Waals surface area contributed by atoms with E-state index in [0.717, 1.165) is 24.3 Å². The third kappa shape index (κ3) is 4.90. The zero-order valence-corrected chi connectivity index (χ0v) is 15.7. The van der Waals surface area contributed by atoms with Crippen LogP contribution in [-0.4, -0.2) is 4.98 Å². The van der Waals surface area contributed by atoms with Gasteiger partial charge >= 0.3 is 0 Å². The van der Waals surface area contributed by atoms with Crippen LogP contribution in [-0.2, 0) is 0 Å². The first-order valence-electron chi connectivity index (χ1n) is 10.1. The Kier molecular flexibility index (Phi) is 6.76. The zero-order chi connectivity index (χ0) is 18.4.